The van der Waals surface area contributed by atoms with Gasteiger partial charge in [0.25, 0.3) is 0 Å². The number of likely N-dealkylation sites (N-methyl/N-ethyl adjacent to an activating group) is 1. The molecule has 2 unspecified atom stereocenters. The van der Waals surface area contributed by atoms with Crippen molar-refractivity contribution in [1.29, 1.82) is 0 Å². The van der Waals surface area contributed by atoms with Crippen LogP contribution in [0.5, 0.6) is 0 Å². The molecular weight excluding hydrogens is 220 g/mol. The molecule has 0 aliphatic carbocycles. The van der Waals surface area contributed by atoms with Crippen LogP contribution in [0.1, 0.15) is 37.7 Å². The summed E-state index contributed by atoms with van der Waals surface area (Å²) in [6.45, 7) is 7.69. The molecule has 1 aliphatic rings. The molecule has 2 heterocycles. The van der Waals surface area contributed by atoms with Crippen LogP contribution in [0, 0.1) is 0 Å². The van der Waals surface area contributed by atoms with E-state index < -0.39 is 0 Å². The largest absolute Gasteiger partial charge is 0.367 e. The standard InChI is InChI=1S/C11H20N4O2/c1-4-15-5-6-16-9(7-15)10-13-11(17-14-10)8(2)12-3/h8-9,12H,4-7H2,1-3H3. The Bertz CT molecular complexity index is 355. The smallest absolute Gasteiger partial charge is 0.243 e. The van der Waals surface area contributed by atoms with Gasteiger partial charge in [0.1, 0.15) is 6.10 Å². The molecule has 0 radical (unpaired) electrons. The fraction of sp³-hybridized carbons (Fsp3) is 0.818. The highest BCUT2D eigenvalue weighted by Crippen LogP contribution is 2.20. The average molecular weight is 240 g/mol. The predicted molar refractivity (Wildman–Crippen MR) is 62.6 cm³/mol. The second kappa shape index (κ2) is 5.57. The van der Waals surface area contributed by atoms with E-state index in [0.717, 1.165) is 26.2 Å². The zero-order valence-corrected chi connectivity index (χ0v) is 10.6. The van der Waals surface area contributed by atoms with Crippen molar-refractivity contribution in [2.75, 3.05) is 33.3 Å². The van der Waals surface area contributed by atoms with Gasteiger partial charge in [0.2, 0.25) is 11.7 Å². The highest BCUT2D eigenvalue weighted by atomic mass is 16.5. The van der Waals surface area contributed by atoms with Crippen molar-refractivity contribution in [3.05, 3.63) is 11.7 Å². The molecule has 1 aliphatic heterocycles. The molecule has 0 bridgehead atoms. The van der Waals surface area contributed by atoms with Gasteiger partial charge in [-0.15, -0.1) is 0 Å². The van der Waals surface area contributed by atoms with Gasteiger partial charge in [-0.25, -0.2) is 0 Å². The van der Waals surface area contributed by atoms with Gasteiger partial charge in [0.15, 0.2) is 0 Å². The number of morpholine rings is 1. The second-order valence-corrected chi connectivity index (χ2v) is 4.25. The molecule has 0 aromatic carbocycles. The van der Waals surface area contributed by atoms with Crippen molar-refractivity contribution < 1.29 is 9.26 Å². The van der Waals surface area contributed by atoms with E-state index >= 15 is 0 Å². The number of nitrogens with one attached hydrogen (secondary N) is 1. The molecule has 0 saturated carbocycles. The van der Waals surface area contributed by atoms with E-state index in [2.05, 4.69) is 27.3 Å². The van der Waals surface area contributed by atoms with Gasteiger partial charge >= 0.3 is 0 Å². The summed E-state index contributed by atoms with van der Waals surface area (Å²) in [7, 11) is 1.87. The van der Waals surface area contributed by atoms with E-state index in [-0.39, 0.29) is 12.1 Å². The lowest BCUT2D eigenvalue weighted by Crippen LogP contribution is -2.38. The van der Waals surface area contributed by atoms with E-state index in [1.165, 1.54) is 0 Å². The lowest BCUT2D eigenvalue weighted by atomic mass is 10.2. The van der Waals surface area contributed by atoms with Crippen LogP contribution in [0.2, 0.25) is 0 Å². The zero-order valence-electron chi connectivity index (χ0n) is 10.6. The van der Waals surface area contributed by atoms with Gasteiger partial charge in [-0.05, 0) is 20.5 Å². The summed E-state index contributed by atoms with van der Waals surface area (Å²) < 4.78 is 10.9. The maximum atomic E-state index is 5.68. The molecule has 17 heavy (non-hydrogen) atoms. The van der Waals surface area contributed by atoms with Crippen LogP contribution < -0.4 is 5.32 Å². The second-order valence-electron chi connectivity index (χ2n) is 4.25. The normalized spacial score (nSPS) is 23.8. The Kier molecular flexibility index (Phi) is 4.09. The van der Waals surface area contributed by atoms with Crippen molar-refractivity contribution in [1.82, 2.24) is 20.4 Å². The quantitative estimate of drug-likeness (QED) is 0.837. The lowest BCUT2D eigenvalue weighted by Gasteiger charge is -2.30. The van der Waals surface area contributed by atoms with Crippen LogP contribution in [0.3, 0.4) is 0 Å². The molecule has 1 saturated heterocycles. The van der Waals surface area contributed by atoms with Crippen LogP contribution in [-0.2, 0) is 4.74 Å². The third-order valence-electron chi connectivity index (χ3n) is 3.15. The molecule has 2 atom stereocenters. The van der Waals surface area contributed by atoms with Gasteiger partial charge < -0.3 is 14.6 Å². The summed E-state index contributed by atoms with van der Waals surface area (Å²) in [5, 5.41) is 7.07. The first-order chi connectivity index (χ1) is 8.24. The van der Waals surface area contributed by atoms with Crippen LogP contribution in [-0.4, -0.2) is 48.3 Å². The Balaban J connectivity index is 2.04. The van der Waals surface area contributed by atoms with Gasteiger partial charge in [-0.2, -0.15) is 4.98 Å². The molecule has 1 fully saturated rings. The van der Waals surface area contributed by atoms with Crippen LogP contribution in [0.4, 0.5) is 0 Å². The Morgan fingerprint density at radius 1 is 1.59 bits per heavy atom. The van der Waals surface area contributed by atoms with Gasteiger partial charge in [0.05, 0.1) is 12.6 Å². The topological polar surface area (TPSA) is 63.4 Å². The number of hydrogen-bond acceptors (Lipinski definition) is 6. The summed E-state index contributed by atoms with van der Waals surface area (Å²) in [6.07, 6.45) is -0.0646. The molecular formula is C11H20N4O2. The van der Waals surface area contributed by atoms with E-state index in [1.807, 2.05) is 14.0 Å². The molecule has 1 aromatic rings. The van der Waals surface area contributed by atoms with Crippen molar-refractivity contribution in [2.24, 2.45) is 0 Å². The summed E-state index contributed by atoms with van der Waals surface area (Å²) in [5.41, 5.74) is 0. The molecule has 0 spiro atoms. The Morgan fingerprint density at radius 3 is 3.12 bits per heavy atom. The molecule has 1 N–H and O–H groups in total. The summed E-state index contributed by atoms with van der Waals surface area (Å²) >= 11 is 0. The molecule has 6 nitrogen and oxygen atoms in total. The maximum Gasteiger partial charge on any atom is 0.243 e. The highest BCUT2D eigenvalue weighted by Gasteiger charge is 2.26. The molecule has 0 amide bonds. The third-order valence-corrected chi connectivity index (χ3v) is 3.15. The third kappa shape index (κ3) is 2.83. The highest BCUT2D eigenvalue weighted by molar-refractivity contribution is 4.96. The number of nitrogens with zero attached hydrogens (tertiary/aromatic N) is 3. The lowest BCUT2D eigenvalue weighted by molar-refractivity contribution is -0.0334. The van der Waals surface area contributed by atoms with Crippen LogP contribution >= 0.6 is 0 Å². The van der Waals surface area contributed by atoms with Crippen LogP contribution in [0.25, 0.3) is 0 Å². The average Bonchev–Trinajstić information content (AvgIpc) is 2.87. The Labute approximate surface area is 101 Å². The predicted octanol–water partition coefficient (Wildman–Crippen LogP) is 0.743. The summed E-state index contributed by atoms with van der Waals surface area (Å²) in [6, 6.07) is 0.0714. The molecule has 6 heteroatoms. The van der Waals surface area contributed by atoms with E-state index in [1.54, 1.807) is 0 Å². The number of aromatic nitrogens is 2. The van der Waals surface area contributed by atoms with Gasteiger partial charge in [0, 0.05) is 13.1 Å². The molecule has 96 valence electrons. The van der Waals surface area contributed by atoms with E-state index in [4.69, 9.17) is 9.26 Å². The fourth-order valence-electron chi connectivity index (χ4n) is 1.82. The first-order valence-electron chi connectivity index (χ1n) is 6.09. The number of hydrogen-bond donors (Lipinski definition) is 1. The number of ether oxygens (including phenoxy) is 1. The monoisotopic (exact) mass is 240 g/mol. The first kappa shape index (κ1) is 12.5. The minimum Gasteiger partial charge on any atom is -0.367 e. The maximum absolute atomic E-state index is 5.68. The first-order valence-corrected chi connectivity index (χ1v) is 6.09. The number of rotatable bonds is 4. The molecule has 1 aromatic heterocycles. The van der Waals surface area contributed by atoms with Gasteiger partial charge in [-0.1, -0.05) is 12.1 Å². The van der Waals surface area contributed by atoms with Crippen molar-refractivity contribution >= 4 is 0 Å². The van der Waals surface area contributed by atoms with Gasteiger partial charge in [-0.3, -0.25) is 4.90 Å². The van der Waals surface area contributed by atoms with Crippen molar-refractivity contribution in [2.45, 2.75) is 26.0 Å². The summed E-state index contributed by atoms with van der Waals surface area (Å²) in [5.74, 6) is 1.26. The SMILES string of the molecule is CCN1CCOC(c2noc(C(C)NC)n2)C1. The fourth-order valence-corrected chi connectivity index (χ4v) is 1.82. The van der Waals surface area contributed by atoms with Crippen molar-refractivity contribution in [3.63, 3.8) is 0 Å². The minimum atomic E-state index is -0.0646. The van der Waals surface area contributed by atoms with Crippen molar-refractivity contribution in [3.8, 4) is 0 Å². The minimum absolute atomic E-state index is 0.0646. The van der Waals surface area contributed by atoms with Crippen LogP contribution in [0.15, 0.2) is 4.52 Å². The zero-order chi connectivity index (χ0) is 12.3. The summed E-state index contributed by atoms with van der Waals surface area (Å²) in [4.78, 5) is 6.71. The Morgan fingerprint density at radius 2 is 2.41 bits per heavy atom. The Hall–Kier alpha value is -0.980. The van der Waals surface area contributed by atoms with E-state index in [0.29, 0.717) is 11.7 Å². The van der Waals surface area contributed by atoms with E-state index in [9.17, 15) is 0 Å². The molecule has 2 rings (SSSR count).